The standard InChI is InChI=1S/C19H27N5O/c1-14-5-7-15(8-6-14)20-18(25)23-11-9-16(10-12-23)24-13-17(21-22-24)19(2,3)4/h5-8,13,16H,9-12H2,1-4H3,(H,20,25). The number of urea groups is 1. The Morgan fingerprint density at radius 2 is 1.80 bits per heavy atom. The molecule has 0 spiro atoms. The minimum absolute atomic E-state index is 0.00682. The van der Waals surface area contributed by atoms with Crippen LogP contribution in [0.15, 0.2) is 30.5 Å². The lowest BCUT2D eigenvalue weighted by atomic mass is 9.93. The summed E-state index contributed by atoms with van der Waals surface area (Å²) in [7, 11) is 0. The average molecular weight is 341 g/mol. The molecule has 1 saturated heterocycles. The van der Waals surface area contributed by atoms with E-state index in [-0.39, 0.29) is 11.4 Å². The molecule has 1 aromatic heterocycles. The van der Waals surface area contributed by atoms with Crippen molar-refractivity contribution in [3.8, 4) is 0 Å². The zero-order valence-corrected chi connectivity index (χ0v) is 15.5. The lowest BCUT2D eigenvalue weighted by molar-refractivity contribution is 0.179. The first-order chi connectivity index (χ1) is 11.8. The van der Waals surface area contributed by atoms with Crippen LogP contribution in [-0.4, -0.2) is 39.0 Å². The van der Waals surface area contributed by atoms with Gasteiger partial charge in [0, 0.05) is 30.4 Å². The van der Waals surface area contributed by atoms with Gasteiger partial charge in [0.05, 0.1) is 11.7 Å². The van der Waals surface area contributed by atoms with Crippen LogP contribution in [0.2, 0.25) is 0 Å². The number of hydrogen-bond donors (Lipinski definition) is 1. The Morgan fingerprint density at radius 1 is 1.16 bits per heavy atom. The molecule has 2 amide bonds. The Labute approximate surface area is 149 Å². The molecule has 3 rings (SSSR count). The lowest BCUT2D eigenvalue weighted by Crippen LogP contribution is -2.41. The van der Waals surface area contributed by atoms with Gasteiger partial charge in [-0.1, -0.05) is 43.7 Å². The molecular weight excluding hydrogens is 314 g/mol. The minimum atomic E-state index is -0.0312. The quantitative estimate of drug-likeness (QED) is 0.905. The summed E-state index contributed by atoms with van der Waals surface area (Å²) in [4.78, 5) is 14.3. The van der Waals surface area contributed by atoms with Crippen LogP contribution in [0.1, 0.15) is 50.9 Å². The second kappa shape index (κ2) is 6.86. The third-order valence-electron chi connectivity index (χ3n) is 4.71. The molecule has 2 aromatic rings. The monoisotopic (exact) mass is 341 g/mol. The molecule has 1 aliphatic heterocycles. The molecule has 0 radical (unpaired) electrons. The molecule has 0 bridgehead atoms. The molecule has 1 aliphatic rings. The van der Waals surface area contributed by atoms with Crippen molar-refractivity contribution in [2.45, 2.75) is 52.0 Å². The van der Waals surface area contributed by atoms with Crippen molar-refractivity contribution in [3.63, 3.8) is 0 Å². The number of nitrogens with zero attached hydrogens (tertiary/aromatic N) is 4. The molecule has 134 valence electrons. The van der Waals surface area contributed by atoms with E-state index in [2.05, 4.69) is 36.4 Å². The number of rotatable bonds is 2. The summed E-state index contributed by atoms with van der Waals surface area (Å²) in [6.45, 7) is 9.91. The van der Waals surface area contributed by atoms with Crippen molar-refractivity contribution in [2.24, 2.45) is 0 Å². The molecule has 1 fully saturated rings. The van der Waals surface area contributed by atoms with Gasteiger partial charge in [-0.25, -0.2) is 9.48 Å². The molecule has 0 saturated carbocycles. The number of amides is 2. The van der Waals surface area contributed by atoms with Gasteiger partial charge in [-0.3, -0.25) is 0 Å². The maximum absolute atomic E-state index is 12.4. The number of aromatic nitrogens is 3. The van der Waals surface area contributed by atoms with Crippen molar-refractivity contribution in [1.82, 2.24) is 19.9 Å². The van der Waals surface area contributed by atoms with Crippen LogP contribution in [0.25, 0.3) is 0 Å². The summed E-state index contributed by atoms with van der Waals surface area (Å²) < 4.78 is 1.97. The highest BCUT2D eigenvalue weighted by Crippen LogP contribution is 2.25. The largest absolute Gasteiger partial charge is 0.324 e. The predicted molar refractivity (Wildman–Crippen MR) is 98.8 cm³/mol. The molecule has 0 aliphatic carbocycles. The van der Waals surface area contributed by atoms with Gasteiger partial charge < -0.3 is 10.2 Å². The molecule has 0 atom stereocenters. The Morgan fingerprint density at radius 3 is 2.36 bits per heavy atom. The van der Waals surface area contributed by atoms with E-state index in [9.17, 15) is 4.79 Å². The van der Waals surface area contributed by atoms with E-state index >= 15 is 0 Å². The molecule has 1 N–H and O–H groups in total. The molecule has 6 heteroatoms. The number of aryl methyl sites for hydroxylation is 1. The van der Waals surface area contributed by atoms with E-state index in [0.29, 0.717) is 6.04 Å². The average Bonchev–Trinajstić information content (AvgIpc) is 3.07. The number of likely N-dealkylation sites (tertiary alicyclic amines) is 1. The van der Waals surface area contributed by atoms with Gasteiger partial charge in [-0.05, 0) is 31.9 Å². The number of piperidine rings is 1. The Kier molecular flexibility index (Phi) is 4.79. The van der Waals surface area contributed by atoms with E-state index in [0.717, 1.165) is 37.3 Å². The summed E-state index contributed by atoms with van der Waals surface area (Å²) in [5, 5.41) is 11.6. The van der Waals surface area contributed by atoms with Crippen LogP contribution in [-0.2, 0) is 5.41 Å². The van der Waals surface area contributed by atoms with Crippen LogP contribution >= 0.6 is 0 Å². The molecule has 0 unspecified atom stereocenters. The molecule has 2 heterocycles. The topological polar surface area (TPSA) is 63.1 Å². The van der Waals surface area contributed by atoms with Crippen molar-refractivity contribution in [2.75, 3.05) is 18.4 Å². The van der Waals surface area contributed by atoms with Crippen LogP contribution in [0.3, 0.4) is 0 Å². The van der Waals surface area contributed by atoms with Crippen molar-refractivity contribution < 1.29 is 4.79 Å². The fourth-order valence-corrected chi connectivity index (χ4v) is 2.97. The van der Waals surface area contributed by atoms with Gasteiger partial charge in [0.1, 0.15) is 0 Å². The number of benzene rings is 1. The number of anilines is 1. The van der Waals surface area contributed by atoms with Crippen LogP contribution < -0.4 is 5.32 Å². The van der Waals surface area contributed by atoms with Crippen molar-refractivity contribution in [1.29, 1.82) is 0 Å². The van der Waals surface area contributed by atoms with Gasteiger partial charge >= 0.3 is 6.03 Å². The van der Waals surface area contributed by atoms with E-state index in [1.54, 1.807) is 0 Å². The highest BCUT2D eigenvalue weighted by Gasteiger charge is 2.26. The third-order valence-corrected chi connectivity index (χ3v) is 4.71. The number of hydrogen-bond acceptors (Lipinski definition) is 3. The fourth-order valence-electron chi connectivity index (χ4n) is 2.97. The van der Waals surface area contributed by atoms with Gasteiger partial charge in [-0.15, -0.1) is 5.10 Å². The van der Waals surface area contributed by atoms with Crippen molar-refractivity contribution >= 4 is 11.7 Å². The Hall–Kier alpha value is -2.37. The number of nitrogens with one attached hydrogen (secondary N) is 1. The maximum Gasteiger partial charge on any atom is 0.321 e. The minimum Gasteiger partial charge on any atom is -0.324 e. The van der Waals surface area contributed by atoms with E-state index in [4.69, 9.17) is 0 Å². The SMILES string of the molecule is Cc1ccc(NC(=O)N2CCC(n3cc(C(C)(C)C)nn3)CC2)cc1. The van der Waals surface area contributed by atoms with Gasteiger partial charge in [0.2, 0.25) is 0 Å². The second-order valence-electron chi connectivity index (χ2n) is 7.85. The first-order valence-electron chi connectivity index (χ1n) is 8.88. The van der Waals surface area contributed by atoms with E-state index in [1.807, 2.05) is 47.0 Å². The molecule has 1 aromatic carbocycles. The summed E-state index contributed by atoms with van der Waals surface area (Å²) in [5.74, 6) is 0. The predicted octanol–water partition coefficient (Wildman–Crippen LogP) is 3.75. The Bertz CT molecular complexity index is 721. The maximum atomic E-state index is 12.4. The van der Waals surface area contributed by atoms with Gasteiger partial charge in [-0.2, -0.15) is 0 Å². The summed E-state index contributed by atoms with van der Waals surface area (Å²) in [6, 6.07) is 8.15. The second-order valence-corrected chi connectivity index (χ2v) is 7.85. The summed E-state index contributed by atoms with van der Waals surface area (Å²) in [6.07, 6.45) is 3.84. The highest BCUT2D eigenvalue weighted by molar-refractivity contribution is 5.89. The van der Waals surface area contributed by atoms with Gasteiger partial charge in [0.15, 0.2) is 0 Å². The molecular formula is C19H27N5O. The smallest absolute Gasteiger partial charge is 0.321 e. The normalized spacial score (nSPS) is 16.1. The van der Waals surface area contributed by atoms with E-state index < -0.39 is 0 Å². The fraction of sp³-hybridized carbons (Fsp3) is 0.526. The zero-order valence-electron chi connectivity index (χ0n) is 15.5. The first kappa shape index (κ1) is 17.5. The lowest BCUT2D eigenvalue weighted by Gasteiger charge is -2.31. The highest BCUT2D eigenvalue weighted by atomic mass is 16.2. The van der Waals surface area contributed by atoms with E-state index in [1.165, 1.54) is 5.56 Å². The molecule has 25 heavy (non-hydrogen) atoms. The third kappa shape index (κ3) is 4.18. The number of carbonyl (C=O) groups excluding carboxylic acids is 1. The van der Waals surface area contributed by atoms with Crippen LogP contribution in [0.4, 0.5) is 10.5 Å². The zero-order chi connectivity index (χ0) is 18.0. The summed E-state index contributed by atoms with van der Waals surface area (Å²) >= 11 is 0. The Balaban J connectivity index is 1.55. The number of carbonyl (C=O) groups is 1. The first-order valence-corrected chi connectivity index (χ1v) is 8.88. The van der Waals surface area contributed by atoms with Gasteiger partial charge in [0.25, 0.3) is 0 Å². The summed E-state index contributed by atoms with van der Waals surface area (Å²) in [5.41, 5.74) is 3.03. The van der Waals surface area contributed by atoms with Crippen LogP contribution in [0, 0.1) is 6.92 Å². The van der Waals surface area contributed by atoms with Crippen molar-refractivity contribution in [3.05, 3.63) is 41.7 Å². The molecule has 6 nitrogen and oxygen atoms in total. The van der Waals surface area contributed by atoms with Crippen LogP contribution in [0.5, 0.6) is 0 Å².